The molecule has 0 aliphatic rings. The average molecular weight is 277 g/mol. The normalized spacial score (nSPS) is 10.4. The molecule has 0 atom stereocenters. The van der Waals surface area contributed by atoms with E-state index in [9.17, 15) is 0 Å². The van der Waals surface area contributed by atoms with Gasteiger partial charge in [0.25, 0.3) is 0 Å². The molecule has 16 heavy (non-hydrogen) atoms. The van der Waals surface area contributed by atoms with Crippen molar-refractivity contribution in [2.24, 2.45) is 0 Å². The second kappa shape index (κ2) is 5.00. The molecule has 1 heterocycles. The molecule has 0 aliphatic carbocycles. The molecule has 0 amide bonds. The van der Waals surface area contributed by atoms with E-state index in [1.165, 1.54) is 0 Å². The van der Waals surface area contributed by atoms with Gasteiger partial charge in [0.05, 0.1) is 28.5 Å². The maximum absolute atomic E-state index is 6.01. The quantitative estimate of drug-likeness (QED) is 0.866. The fraction of sp³-hybridized carbons (Fsp3) is 0.0909. The van der Waals surface area contributed by atoms with Gasteiger partial charge in [-0.05, 0) is 24.3 Å². The number of benzene rings is 1. The lowest BCUT2D eigenvalue weighted by Crippen LogP contribution is -1.99. The Balaban J connectivity index is 2.15. The molecule has 0 radical (unpaired) electrons. The third kappa shape index (κ3) is 2.64. The number of hydrogen-bond donors (Lipinski definition) is 1. The number of anilines is 1. The largest absolute Gasteiger partial charge is 0.467 e. The van der Waals surface area contributed by atoms with E-state index in [0.717, 1.165) is 5.76 Å². The minimum absolute atomic E-state index is 0.490. The summed E-state index contributed by atoms with van der Waals surface area (Å²) < 4.78 is 5.18. The third-order valence-corrected chi connectivity index (χ3v) is 2.84. The molecular weight excluding hydrogens is 268 g/mol. The summed E-state index contributed by atoms with van der Waals surface area (Å²) >= 11 is 17.8. The summed E-state index contributed by atoms with van der Waals surface area (Å²) in [5, 5.41) is 4.59. The van der Waals surface area contributed by atoms with Crippen LogP contribution in [0.1, 0.15) is 5.76 Å². The fourth-order valence-electron chi connectivity index (χ4n) is 1.30. The van der Waals surface area contributed by atoms with E-state index in [-0.39, 0.29) is 0 Å². The van der Waals surface area contributed by atoms with Crippen LogP contribution in [0.2, 0.25) is 15.1 Å². The zero-order chi connectivity index (χ0) is 11.5. The SMILES string of the molecule is Clc1cc(Cl)c(NCc2ccco2)c(Cl)c1. The first-order valence-electron chi connectivity index (χ1n) is 4.57. The van der Waals surface area contributed by atoms with Crippen LogP contribution in [0.4, 0.5) is 5.69 Å². The van der Waals surface area contributed by atoms with Crippen LogP contribution in [0.25, 0.3) is 0 Å². The maximum atomic E-state index is 6.01. The molecule has 0 aliphatic heterocycles. The predicted octanol–water partition coefficient (Wildman–Crippen LogP) is 4.85. The lowest BCUT2D eigenvalue weighted by molar-refractivity contribution is 0.518. The van der Waals surface area contributed by atoms with Crippen molar-refractivity contribution in [3.63, 3.8) is 0 Å². The van der Waals surface area contributed by atoms with Gasteiger partial charge < -0.3 is 9.73 Å². The molecule has 5 heteroatoms. The Labute approximate surface area is 108 Å². The Hall–Kier alpha value is -0.830. The van der Waals surface area contributed by atoms with Gasteiger partial charge in [0, 0.05) is 5.02 Å². The van der Waals surface area contributed by atoms with Crippen molar-refractivity contribution in [3.05, 3.63) is 51.4 Å². The van der Waals surface area contributed by atoms with E-state index in [1.54, 1.807) is 18.4 Å². The van der Waals surface area contributed by atoms with Crippen molar-refractivity contribution >= 4 is 40.5 Å². The van der Waals surface area contributed by atoms with Crippen LogP contribution >= 0.6 is 34.8 Å². The molecule has 2 nitrogen and oxygen atoms in total. The fourth-order valence-corrected chi connectivity index (χ4v) is 2.25. The summed E-state index contributed by atoms with van der Waals surface area (Å²) in [6, 6.07) is 6.96. The van der Waals surface area contributed by atoms with Gasteiger partial charge in [0.15, 0.2) is 0 Å². The Bertz CT molecular complexity index is 459. The van der Waals surface area contributed by atoms with Crippen molar-refractivity contribution in [3.8, 4) is 0 Å². The van der Waals surface area contributed by atoms with Gasteiger partial charge in [-0.25, -0.2) is 0 Å². The number of hydrogen-bond acceptors (Lipinski definition) is 2. The molecule has 0 saturated carbocycles. The van der Waals surface area contributed by atoms with Crippen LogP contribution in [-0.2, 0) is 6.54 Å². The van der Waals surface area contributed by atoms with Crippen LogP contribution in [-0.4, -0.2) is 0 Å². The minimum atomic E-state index is 0.490. The van der Waals surface area contributed by atoms with E-state index < -0.39 is 0 Å². The molecule has 84 valence electrons. The molecule has 1 N–H and O–H groups in total. The summed E-state index contributed by atoms with van der Waals surface area (Å²) in [4.78, 5) is 0. The van der Waals surface area contributed by atoms with Crippen LogP contribution in [0.15, 0.2) is 34.9 Å². The van der Waals surface area contributed by atoms with Gasteiger partial charge in [-0.3, -0.25) is 0 Å². The van der Waals surface area contributed by atoms with Crippen molar-refractivity contribution in [2.45, 2.75) is 6.54 Å². The highest BCUT2D eigenvalue weighted by Gasteiger charge is 2.07. The van der Waals surface area contributed by atoms with Crippen molar-refractivity contribution in [2.75, 3.05) is 5.32 Å². The van der Waals surface area contributed by atoms with Crippen LogP contribution in [0.3, 0.4) is 0 Å². The Morgan fingerprint density at radius 2 is 1.81 bits per heavy atom. The Morgan fingerprint density at radius 1 is 1.12 bits per heavy atom. The lowest BCUT2D eigenvalue weighted by Gasteiger charge is -2.09. The second-order valence-corrected chi connectivity index (χ2v) is 4.43. The van der Waals surface area contributed by atoms with Crippen LogP contribution in [0.5, 0.6) is 0 Å². The highest BCUT2D eigenvalue weighted by Crippen LogP contribution is 2.33. The third-order valence-electron chi connectivity index (χ3n) is 2.03. The highest BCUT2D eigenvalue weighted by atomic mass is 35.5. The molecular formula is C11H8Cl3NO. The molecule has 0 fully saturated rings. The van der Waals surface area contributed by atoms with Crippen molar-refractivity contribution in [1.82, 2.24) is 0 Å². The Kier molecular flexibility index (Phi) is 3.64. The summed E-state index contributed by atoms with van der Waals surface area (Å²) in [5.41, 5.74) is 0.657. The standard InChI is InChI=1S/C11H8Cl3NO/c12-7-4-9(13)11(10(14)5-7)15-6-8-2-1-3-16-8/h1-5,15H,6H2. The predicted molar refractivity (Wildman–Crippen MR) is 67.5 cm³/mol. The van der Waals surface area contributed by atoms with Gasteiger partial charge >= 0.3 is 0 Å². The van der Waals surface area contributed by atoms with E-state index in [0.29, 0.717) is 27.3 Å². The average Bonchev–Trinajstić information content (AvgIpc) is 2.68. The zero-order valence-corrected chi connectivity index (χ0v) is 10.4. The van der Waals surface area contributed by atoms with Crippen LogP contribution in [0, 0.1) is 0 Å². The molecule has 2 aromatic rings. The van der Waals surface area contributed by atoms with Gasteiger partial charge in [-0.15, -0.1) is 0 Å². The van der Waals surface area contributed by atoms with E-state index in [4.69, 9.17) is 39.2 Å². The maximum Gasteiger partial charge on any atom is 0.122 e. The van der Waals surface area contributed by atoms with Crippen molar-refractivity contribution in [1.29, 1.82) is 0 Å². The first-order chi connectivity index (χ1) is 7.66. The number of furan rings is 1. The summed E-state index contributed by atoms with van der Waals surface area (Å²) in [5.74, 6) is 0.807. The first kappa shape index (κ1) is 11.6. The Morgan fingerprint density at radius 3 is 2.38 bits per heavy atom. The molecule has 0 bridgehead atoms. The topological polar surface area (TPSA) is 25.2 Å². The summed E-state index contributed by atoms with van der Waals surface area (Å²) in [6.07, 6.45) is 1.61. The molecule has 0 unspecified atom stereocenters. The first-order valence-corrected chi connectivity index (χ1v) is 5.71. The van der Waals surface area contributed by atoms with Gasteiger partial charge in [-0.1, -0.05) is 34.8 Å². The summed E-state index contributed by atoms with van der Waals surface area (Å²) in [7, 11) is 0. The second-order valence-electron chi connectivity index (χ2n) is 3.18. The van der Waals surface area contributed by atoms with E-state index in [2.05, 4.69) is 5.32 Å². The summed E-state index contributed by atoms with van der Waals surface area (Å²) in [6.45, 7) is 0.522. The van der Waals surface area contributed by atoms with Crippen LogP contribution < -0.4 is 5.32 Å². The molecule has 1 aromatic heterocycles. The minimum Gasteiger partial charge on any atom is -0.467 e. The van der Waals surface area contributed by atoms with E-state index in [1.807, 2.05) is 12.1 Å². The molecule has 2 rings (SSSR count). The van der Waals surface area contributed by atoms with Gasteiger partial charge in [0.2, 0.25) is 0 Å². The smallest absolute Gasteiger partial charge is 0.122 e. The van der Waals surface area contributed by atoms with E-state index >= 15 is 0 Å². The monoisotopic (exact) mass is 275 g/mol. The molecule has 0 spiro atoms. The van der Waals surface area contributed by atoms with Crippen molar-refractivity contribution < 1.29 is 4.42 Å². The van der Waals surface area contributed by atoms with Gasteiger partial charge in [-0.2, -0.15) is 0 Å². The lowest BCUT2D eigenvalue weighted by atomic mass is 10.3. The molecule has 0 saturated heterocycles. The molecule has 1 aromatic carbocycles. The number of halogens is 3. The highest BCUT2D eigenvalue weighted by molar-refractivity contribution is 6.41. The zero-order valence-electron chi connectivity index (χ0n) is 8.14. The van der Waals surface area contributed by atoms with Gasteiger partial charge in [0.1, 0.15) is 5.76 Å². The number of rotatable bonds is 3. The number of nitrogens with one attached hydrogen (secondary N) is 1.